The summed E-state index contributed by atoms with van der Waals surface area (Å²) in [5, 5.41) is 11.8. The first-order valence-corrected chi connectivity index (χ1v) is 6.00. The van der Waals surface area contributed by atoms with E-state index < -0.39 is 0 Å². The number of quaternary nitrogens is 1. The number of halogens is 2. The van der Waals surface area contributed by atoms with E-state index >= 15 is 0 Å². The Hall–Kier alpha value is -0.480. The molecule has 3 N–H and O–H groups in total. The lowest BCUT2D eigenvalue weighted by Gasteiger charge is -2.07. The molecule has 0 aromatic heterocycles. The molecule has 0 aliphatic rings. The Kier molecular flexibility index (Phi) is 6.57. The molecule has 1 rings (SSSR count). The van der Waals surface area contributed by atoms with Crippen LogP contribution in [0.4, 0.5) is 0 Å². The third kappa shape index (κ3) is 5.03. The third-order valence-corrected chi connectivity index (χ3v) is 2.58. The van der Waals surface area contributed by atoms with Gasteiger partial charge in [0.25, 0.3) is 0 Å². The minimum absolute atomic E-state index is 0.209. The molecule has 0 bridgehead atoms. The van der Waals surface area contributed by atoms with E-state index in [2.05, 4.69) is 0 Å². The Bertz CT molecular complexity index is 321. The highest BCUT2D eigenvalue weighted by Gasteiger charge is 2.02. The van der Waals surface area contributed by atoms with Crippen molar-refractivity contribution in [2.24, 2.45) is 0 Å². The van der Waals surface area contributed by atoms with Crippen LogP contribution in [0.2, 0.25) is 10.0 Å². The summed E-state index contributed by atoms with van der Waals surface area (Å²) in [4.78, 5) is 0. The molecule has 16 heavy (non-hydrogen) atoms. The van der Waals surface area contributed by atoms with Gasteiger partial charge < -0.3 is 15.2 Å². The van der Waals surface area contributed by atoms with Gasteiger partial charge in [-0.05, 0) is 12.1 Å². The fraction of sp³-hybridized carbons (Fsp3) is 0.455. The Labute approximate surface area is 105 Å². The van der Waals surface area contributed by atoms with Crippen LogP contribution >= 0.6 is 23.2 Å². The molecule has 0 saturated carbocycles. The minimum atomic E-state index is 0.209. The summed E-state index contributed by atoms with van der Waals surface area (Å²) in [7, 11) is 0. The van der Waals surface area contributed by atoms with Crippen molar-refractivity contribution < 1.29 is 15.2 Å². The molecule has 0 radical (unpaired) electrons. The van der Waals surface area contributed by atoms with Gasteiger partial charge >= 0.3 is 0 Å². The fourth-order valence-electron chi connectivity index (χ4n) is 1.23. The zero-order valence-electron chi connectivity index (χ0n) is 8.96. The van der Waals surface area contributed by atoms with Crippen molar-refractivity contribution in [3.05, 3.63) is 28.2 Å². The van der Waals surface area contributed by atoms with Gasteiger partial charge in [-0.3, -0.25) is 0 Å². The molecule has 0 fully saturated rings. The summed E-state index contributed by atoms with van der Waals surface area (Å²) >= 11 is 11.8. The van der Waals surface area contributed by atoms with Crippen LogP contribution in [0.1, 0.15) is 6.42 Å². The molecular weight excluding hydrogens is 249 g/mol. The lowest BCUT2D eigenvalue weighted by molar-refractivity contribution is -0.656. The van der Waals surface area contributed by atoms with Crippen LogP contribution in [0.15, 0.2) is 18.2 Å². The molecule has 3 nitrogen and oxygen atoms in total. The van der Waals surface area contributed by atoms with E-state index in [-0.39, 0.29) is 6.61 Å². The van der Waals surface area contributed by atoms with Crippen molar-refractivity contribution >= 4 is 23.2 Å². The average molecular weight is 265 g/mol. The highest BCUT2D eigenvalue weighted by molar-refractivity contribution is 6.34. The Morgan fingerprint density at radius 1 is 1.25 bits per heavy atom. The first kappa shape index (κ1) is 13.6. The van der Waals surface area contributed by atoms with Gasteiger partial charge in [0.1, 0.15) is 5.75 Å². The van der Waals surface area contributed by atoms with Crippen molar-refractivity contribution in [3.8, 4) is 5.75 Å². The number of nitrogens with two attached hydrogens (primary N) is 1. The smallest absolute Gasteiger partial charge is 0.139 e. The van der Waals surface area contributed by atoms with E-state index in [9.17, 15) is 0 Å². The van der Waals surface area contributed by atoms with E-state index in [0.29, 0.717) is 22.4 Å². The maximum Gasteiger partial charge on any atom is 0.139 e. The molecule has 1 aromatic rings. The van der Waals surface area contributed by atoms with Crippen molar-refractivity contribution in [2.75, 3.05) is 26.3 Å². The second kappa shape index (κ2) is 7.74. The number of aliphatic hydroxyl groups excluding tert-OH is 1. The normalized spacial score (nSPS) is 10.4. The molecule has 5 heteroatoms. The first-order chi connectivity index (χ1) is 7.74. The third-order valence-electron chi connectivity index (χ3n) is 2.04. The first-order valence-electron chi connectivity index (χ1n) is 5.24. The largest absolute Gasteiger partial charge is 0.492 e. The monoisotopic (exact) mass is 264 g/mol. The van der Waals surface area contributed by atoms with Crippen molar-refractivity contribution in [1.82, 2.24) is 0 Å². The van der Waals surface area contributed by atoms with E-state index in [1.807, 2.05) is 5.32 Å². The number of aliphatic hydroxyl groups is 1. The second-order valence-corrected chi connectivity index (χ2v) is 4.21. The Morgan fingerprint density at radius 3 is 2.81 bits per heavy atom. The van der Waals surface area contributed by atoms with Crippen LogP contribution in [-0.4, -0.2) is 31.4 Å². The highest BCUT2D eigenvalue weighted by atomic mass is 35.5. The number of ether oxygens (including phenoxy) is 1. The van der Waals surface area contributed by atoms with Gasteiger partial charge in [0.05, 0.1) is 31.3 Å². The molecule has 0 atom stereocenters. The standard InChI is InChI=1S/C11H15Cl2NO2/c12-9-2-3-10(13)11(8-9)16-7-1-4-14-5-6-15/h2-3,8,14-15H,1,4-7H2/p+1. The molecule has 1 aromatic carbocycles. The summed E-state index contributed by atoms with van der Waals surface area (Å²) in [6.07, 6.45) is 0.906. The molecule has 0 heterocycles. The van der Waals surface area contributed by atoms with Gasteiger partial charge in [-0.2, -0.15) is 0 Å². The number of hydrogen-bond donors (Lipinski definition) is 2. The zero-order valence-corrected chi connectivity index (χ0v) is 10.5. The minimum Gasteiger partial charge on any atom is -0.492 e. The van der Waals surface area contributed by atoms with E-state index in [0.717, 1.165) is 19.5 Å². The molecule has 0 aliphatic carbocycles. The second-order valence-electron chi connectivity index (χ2n) is 3.37. The summed E-state index contributed by atoms with van der Waals surface area (Å²) in [5.41, 5.74) is 0. The molecule has 90 valence electrons. The summed E-state index contributed by atoms with van der Waals surface area (Å²) in [5.74, 6) is 0.622. The Balaban J connectivity index is 2.23. The predicted molar refractivity (Wildman–Crippen MR) is 65.3 cm³/mol. The quantitative estimate of drug-likeness (QED) is 0.730. The van der Waals surface area contributed by atoms with Gasteiger partial charge in [-0.15, -0.1) is 0 Å². The maximum absolute atomic E-state index is 8.57. The van der Waals surface area contributed by atoms with Gasteiger partial charge in [0, 0.05) is 17.5 Å². The topological polar surface area (TPSA) is 46.1 Å². The Morgan fingerprint density at radius 2 is 2.06 bits per heavy atom. The van der Waals surface area contributed by atoms with Crippen LogP contribution < -0.4 is 10.1 Å². The lowest BCUT2D eigenvalue weighted by Crippen LogP contribution is -2.85. The molecule has 0 unspecified atom stereocenters. The van der Waals surface area contributed by atoms with Crippen molar-refractivity contribution in [1.29, 1.82) is 0 Å². The van der Waals surface area contributed by atoms with Gasteiger partial charge in [-0.25, -0.2) is 0 Å². The molecule has 0 aliphatic heterocycles. The molecule has 0 saturated heterocycles. The van der Waals surface area contributed by atoms with E-state index in [1.165, 1.54) is 0 Å². The summed E-state index contributed by atoms with van der Waals surface area (Å²) < 4.78 is 5.50. The average Bonchev–Trinajstić information content (AvgIpc) is 2.28. The number of rotatable bonds is 7. The summed E-state index contributed by atoms with van der Waals surface area (Å²) in [6, 6.07) is 5.16. The molecular formula is C11H16Cl2NO2+. The number of hydrogen-bond acceptors (Lipinski definition) is 2. The lowest BCUT2D eigenvalue weighted by atomic mass is 10.3. The van der Waals surface area contributed by atoms with Crippen LogP contribution in [0.5, 0.6) is 5.75 Å². The van der Waals surface area contributed by atoms with E-state index in [1.54, 1.807) is 18.2 Å². The predicted octanol–water partition coefficient (Wildman–Crippen LogP) is 1.32. The summed E-state index contributed by atoms with van der Waals surface area (Å²) in [6.45, 7) is 2.47. The van der Waals surface area contributed by atoms with Gasteiger partial charge in [-0.1, -0.05) is 23.2 Å². The molecule has 0 spiro atoms. The van der Waals surface area contributed by atoms with Crippen LogP contribution in [0.3, 0.4) is 0 Å². The maximum atomic E-state index is 8.57. The fourth-order valence-corrected chi connectivity index (χ4v) is 1.57. The van der Waals surface area contributed by atoms with Crippen LogP contribution in [-0.2, 0) is 0 Å². The van der Waals surface area contributed by atoms with Crippen LogP contribution in [0, 0.1) is 0 Å². The van der Waals surface area contributed by atoms with Gasteiger partial charge in [0.2, 0.25) is 0 Å². The zero-order chi connectivity index (χ0) is 11.8. The SMILES string of the molecule is OCC[NH2+]CCCOc1cc(Cl)ccc1Cl. The van der Waals surface area contributed by atoms with Gasteiger partial charge in [0.15, 0.2) is 0 Å². The van der Waals surface area contributed by atoms with Crippen molar-refractivity contribution in [3.63, 3.8) is 0 Å². The van der Waals surface area contributed by atoms with E-state index in [4.69, 9.17) is 33.0 Å². The van der Waals surface area contributed by atoms with Crippen LogP contribution in [0.25, 0.3) is 0 Å². The molecule has 0 amide bonds. The van der Waals surface area contributed by atoms with Crippen molar-refractivity contribution in [2.45, 2.75) is 6.42 Å². The number of benzene rings is 1. The highest BCUT2D eigenvalue weighted by Crippen LogP contribution is 2.27.